The molecule has 0 aliphatic heterocycles. The maximum Gasteiger partial charge on any atom is 0.123 e. The maximum atomic E-state index is 12.8. The lowest BCUT2D eigenvalue weighted by atomic mass is 10.0. The van der Waals surface area contributed by atoms with Crippen LogP contribution in [0.15, 0.2) is 60.7 Å². The first kappa shape index (κ1) is 13.0. The summed E-state index contributed by atoms with van der Waals surface area (Å²) in [6, 6.07) is 16.9. The summed E-state index contributed by atoms with van der Waals surface area (Å²) in [5.74, 6) is -0.188. The van der Waals surface area contributed by atoms with Gasteiger partial charge in [0.1, 0.15) is 5.82 Å². The van der Waals surface area contributed by atoms with Crippen molar-refractivity contribution in [1.29, 1.82) is 0 Å². The first-order valence-corrected chi connectivity index (χ1v) is 6.96. The smallest absolute Gasteiger partial charge is 0.123 e. The molecule has 0 unspecified atom stereocenters. The third-order valence-electron chi connectivity index (χ3n) is 2.79. The fourth-order valence-electron chi connectivity index (χ4n) is 1.76. The Labute approximate surface area is 115 Å². The normalized spacial score (nSPS) is 11.6. The van der Waals surface area contributed by atoms with Crippen LogP contribution in [0.1, 0.15) is 11.1 Å². The van der Waals surface area contributed by atoms with E-state index in [2.05, 4.69) is 34.1 Å². The van der Waals surface area contributed by atoms with E-state index in [9.17, 15) is 4.39 Å². The number of halogens is 2. The minimum Gasteiger partial charge on any atom is -0.207 e. The fraction of sp³-hybridized carbons (Fsp3) is 0.125. The van der Waals surface area contributed by atoms with Crippen LogP contribution in [0.5, 0.6) is 0 Å². The molecule has 0 amide bonds. The Bertz CT molecular complexity index is 515. The van der Waals surface area contributed by atoms with E-state index in [-0.39, 0.29) is 5.82 Å². The van der Waals surface area contributed by atoms with Crippen LogP contribution < -0.4 is 0 Å². The predicted molar refractivity (Wildman–Crippen MR) is 78.3 cm³/mol. The third-order valence-corrected chi connectivity index (χ3v) is 3.39. The molecule has 0 aliphatic carbocycles. The predicted octanol–water partition coefficient (Wildman–Crippen LogP) is 4.85. The van der Waals surface area contributed by atoms with Gasteiger partial charge in [-0.3, -0.25) is 0 Å². The monoisotopic (exact) mass is 304 g/mol. The molecule has 2 rings (SSSR count). The molecule has 92 valence electrons. The lowest BCUT2D eigenvalue weighted by Crippen LogP contribution is -1.88. The highest BCUT2D eigenvalue weighted by Crippen LogP contribution is 2.17. The van der Waals surface area contributed by atoms with Gasteiger partial charge in [0.25, 0.3) is 0 Å². The lowest BCUT2D eigenvalue weighted by Gasteiger charge is -2.04. The Balaban J connectivity index is 2.14. The summed E-state index contributed by atoms with van der Waals surface area (Å²) in [7, 11) is 0. The highest BCUT2D eigenvalue weighted by atomic mass is 79.9. The quantitative estimate of drug-likeness (QED) is 0.709. The van der Waals surface area contributed by atoms with Crippen molar-refractivity contribution in [2.75, 3.05) is 5.33 Å². The molecule has 0 spiro atoms. The first-order valence-electron chi connectivity index (χ1n) is 5.84. The van der Waals surface area contributed by atoms with Gasteiger partial charge in [-0.05, 0) is 35.3 Å². The average molecular weight is 305 g/mol. The Morgan fingerprint density at radius 3 is 2.28 bits per heavy atom. The molecular formula is C16H14BrF. The molecule has 0 saturated heterocycles. The van der Waals surface area contributed by atoms with Gasteiger partial charge in [0, 0.05) is 5.33 Å². The van der Waals surface area contributed by atoms with Crippen molar-refractivity contribution in [3.8, 4) is 0 Å². The van der Waals surface area contributed by atoms with Crippen LogP contribution in [0.25, 0.3) is 5.57 Å². The summed E-state index contributed by atoms with van der Waals surface area (Å²) in [5, 5.41) is 0.818. The molecule has 0 aliphatic rings. The number of rotatable bonds is 4. The molecule has 0 radical (unpaired) electrons. The van der Waals surface area contributed by atoms with Crippen molar-refractivity contribution in [1.82, 2.24) is 0 Å². The largest absolute Gasteiger partial charge is 0.207 e. The minimum atomic E-state index is -0.188. The van der Waals surface area contributed by atoms with E-state index in [4.69, 9.17) is 0 Å². The number of benzene rings is 2. The standard InChI is InChI=1S/C16H14BrF/c17-12-15(14-4-2-1-3-5-14)9-6-13-7-10-16(18)11-8-13/h1-5,7-11H,6,12H2/b15-9+. The zero-order valence-corrected chi connectivity index (χ0v) is 11.5. The molecule has 0 aromatic heterocycles. The Morgan fingerprint density at radius 1 is 1.00 bits per heavy atom. The first-order chi connectivity index (χ1) is 8.79. The molecule has 18 heavy (non-hydrogen) atoms. The van der Waals surface area contributed by atoms with Crippen LogP contribution in [-0.4, -0.2) is 5.33 Å². The molecule has 2 aromatic carbocycles. The summed E-state index contributed by atoms with van der Waals surface area (Å²) in [6.45, 7) is 0. The molecule has 0 saturated carbocycles. The fourth-order valence-corrected chi connectivity index (χ4v) is 2.32. The zero-order valence-electron chi connectivity index (χ0n) is 9.94. The third kappa shape index (κ3) is 3.54. The van der Waals surface area contributed by atoms with Gasteiger partial charge >= 0.3 is 0 Å². The van der Waals surface area contributed by atoms with Gasteiger partial charge in [0.2, 0.25) is 0 Å². The topological polar surface area (TPSA) is 0 Å². The van der Waals surface area contributed by atoms with Gasteiger partial charge in [0.15, 0.2) is 0 Å². The van der Waals surface area contributed by atoms with Crippen molar-refractivity contribution < 1.29 is 4.39 Å². The highest BCUT2D eigenvalue weighted by Gasteiger charge is 1.99. The summed E-state index contributed by atoms with van der Waals surface area (Å²) in [6.07, 6.45) is 2.99. The second kappa shape index (κ2) is 6.50. The Morgan fingerprint density at radius 2 is 1.67 bits per heavy atom. The molecule has 0 heterocycles. The van der Waals surface area contributed by atoms with Gasteiger partial charge in [0.05, 0.1) is 0 Å². The van der Waals surface area contributed by atoms with Crippen LogP contribution in [0.3, 0.4) is 0 Å². The van der Waals surface area contributed by atoms with Gasteiger partial charge in [-0.25, -0.2) is 4.39 Å². The second-order valence-electron chi connectivity index (χ2n) is 4.06. The van der Waals surface area contributed by atoms with Crippen LogP contribution >= 0.6 is 15.9 Å². The van der Waals surface area contributed by atoms with Crippen molar-refractivity contribution >= 4 is 21.5 Å². The van der Waals surface area contributed by atoms with Gasteiger partial charge in [-0.1, -0.05) is 64.5 Å². The van der Waals surface area contributed by atoms with E-state index in [1.165, 1.54) is 23.3 Å². The molecule has 2 heteroatoms. The summed E-state index contributed by atoms with van der Waals surface area (Å²) >= 11 is 3.51. The SMILES string of the molecule is Fc1ccc(C/C=C(\CBr)c2ccccc2)cc1. The maximum absolute atomic E-state index is 12.8. The summed E-state index contributed by atoms with van der Waals surface area (Å²) < 4.78 is 12.8. The van der Waals surface area contributed by atoms with E-state index in [1.54, 1.807) is 0 Å². The zero-order chi connectivity index (χ0) is 12.8. The van der Waals surface area contributed by atoms with E-state index < -0.39 is 0 Å². The number of hydrogen-bond donors (Lipinski definition) is 0. The second-order valence-corrected chi connectivity index (χ2v) is 4.62. The number of allylic oxidation sites excluding steroid dienone is 2. The molecule has 2 aromatic rings. The average Bonchev–Trinajstić information content (AvgIpc) is 2.43. The van der Waals surface area contributed by atoms with E-state index in [0.29, 0.717) is 0 Å². The highest BCUT2D eigenvalue weighted by molar-refractivity contribution is 9.09. The van der Waals surface area contributed by atoms with Crippen molar-refractivity contribution in [2.45, 2.75) is 6.42 Å². The van der Waals surface area contributed by atoms with E-state index >= 15 is 0 Å². The van der Waals surface area contributed by atoms with Crippen LogP contribution in [-0.2, 0) is 6.42 Å². The molecule has 0 bridgehead atoms. The van der Waals surface area contributed by atoms with Gasteiger partial charge in [-0.15, -0.1) is 0 Å². The number of alkyl halides is 1. The van der Waals surface area contributed by atoms with Crippen LogP contribution in [0, 0.1) is 5.82 Å². The molecule has 0 N–H and O–H groups in total. The number of hydrogen-bond acceptors (Lipinski definition) is 0. The molecule has 0 fully saturated rings. The molecular weight excluding hydrogens is 291 g/mol. The molecule has 0 atom stereocenters. The van der Waals surface area contributed by atoms with Gasteiger partial charge in [-0.2, -0.15) is 0 Å². The Hall–Kier alpha value is -1.41. The van der Waals surface area contributed by atoms with Crippen molar-refractivity contribution in [2.24, 2.45) is 0 Å². The minimum absolute atomic E-state index is 0.188. The van der Waals surface area contributed by atoms with E-state index in [1.807, 2.05) is 30.3 Å². The summed E-state index contributed by atoms with van der Waals surface area (Å²) in [5.41, 5.74) is 3.59. The van der Waals surface area contributed by atoms with Crippen LogP contribution in [0.4, 0.5) is 4.39 Å². The Kier molecular flexibility index (Phi) is 4.71. The van der Waals surface area contributed by atoms with Gasteiger partial charge < -0.3 is 0 Å². The lowest BCUT2D eigenvalue weighted by molar-refractivity contribution is 0.627. The van der Waals surface area contributed by atoms with Crippen LogP contribution in [0.2, 0.25) is 0 Å². The van der Waals surface area contributed by atoms with Crippen molar-refractivity contribution in [3.05, 3.63) is 77.6 Å². The summed E-state index contributed by atoms with van der Waals surface area (Å²) in [4.78, 5) is 0. The van der Waals surface area contributed by atoms with Crippen molar-refractivity contribution in [3.63, 3.8) is 0 Å². The molecule has 0 nitrogen and oxygen atoms in total. The van der Waals surface area contributed by atoms with E-state index in [0.717, 1.165) is 17.3 Å².